The minimum Gasteiger partial charge on any atom is -0.335 e. The molecule has 0 N–H and O–H groups in total. The Morgan fingerprint density at radius 3 is 3.06 bits per heavy atom. The number of carbonyl (C=O) groups excluding carboxylic acids is 1. The molecule has 0 bridgehead atoms. The number of ketones is 1. The average Bonchev–Trinajstić information content (AvgIpc) is 2.77. The highest BCUT2D eigenvalue weighted by Crippen LogP contribution is 2.24. The molecule has 1 aliphatic rings. The van der Waals surface area contributed by atoms with Crippen LogP contribution >= 0.6 is 0 Å². The molecule has 0 aromatic carbocycles. The van der Waals surface area contributed by atoms with Crippen LogP contribution in [0.25, 0.3) is 0 Å². The monoisotopic (exact) mass is 232 g/mol. The van der Waals surface area contributed by atoms with Crippen LogP contribution in [0, 0.1) is 5.92 Å². The summed E-state index contributed by atoms with van der Waals surface area (Å²) in [7, 11) is 0. The summed E-state index contributed by atoms with van der Waals surface area (Å²) in [6, 6.07) is 0. The van der Waals surface area contributed by atoms with Gasteiger partial charge in [0.25, 0.3) is 0 Å². The molecule has 0 saturated heterocycles. The van der Waals surface area contributed by atoms with Crippen LogP contribution in [0.5, 0.6) is 0 Å². The lowest BCUT2D eigenvalue weighted by Gasteiger charge is -2.17. The number of carbonyl (C=O) groups is 1. The number of aromatic nitrogens is 2. The van der Waals surface area contributed by atoms with Crippen molar-refractivity contribution in [2.24, 2.45) is 5.92 Å². The smallest absolute Gasteiger partial charge is 0.166 e. The Hall–Kier alpha value is -1.38. The van der Waals surface area contributed by atoms with Gasteiger partial charge in [0.1, 0.15) is 5.82 Å². The summed E-state index contributed by atoms with van der Waals surface area (Å²) in [5.74, 6) is 1.86. The molecule has 92 valence electrons. The lowest BCUT2D eigenvalue weighted by molar-refractivity contribution is -0.115. The number of imidazole rings is 1. The van der Waals surface area contributed by atoms with Gasteiger partial charge in [-0.2, -0.15) is 0 Å². The van der Waals surface area contributed by atoms with E-state index in [9.17, 15) is 4.79 Å². The minimum absolute atomic E-state index is 0.248. The number of allylic oxidation sites excluding steroid dienone is 2. The molecular formula is C14H20N2O. The zero-order chi connectivity index (χ0) is 12.3. The van der Waals surface area contributed by atoms with E-state index in [1.165, 1.54) is 0 Å². The van der Waals surface area contributed by atoms with E-state index in [-0.39, 0.29) is 5.78 Å². The fourth-order valence-electron chi connectivity index (χ4n) is 2.27. The molecule has 2 rings (SSSR count). The van der Waals surface area contributed by atoms with Gasteiger partial charge in [-0.15, -0.1) is 0 Å². The molecule has 1 aromatic heterocycles. The SMILES string of the molecule is CCn1ccnc1CC(=O)C1=CCC(C)CC1. The van der Waals surface area contributed by atoms with Crippen molar-refractivity contribution >= 4 is 5.78 Å². The third-order valence-electron chi connectivity index (χ3n) is 3.49. The Balaban J connectivity index is 2.02. The van der Waals surface area contributed by atoms with E-state index in [0.717, 1.165) is 43.1 Å². The van der Waals surface area contributed by atoms with Gasteiger partial charge in [0.05, 0.1) is 6.42 Å². The van der Waals surface area contributed by atoms with E-state index < -0.39 is 0 Å². The van der Waals surface area contributed by atoms with Crippen LogP contribution < -0.4 is 0 Å². The van der Waals surface area contributed by atoms with Crippen molar-refractivity contribution in [2.75, 3.05) is 0 Å². The Morgan fingerprint density at radius 2 is 2.41 bits per heavy atom. The van der Waals surface area contributed by atoms with Gasteiger partial charge in [-0.05, 0) is 37.7 Å². The highest BCUT2D eigenvalue weighted by molar-refractivity contribution is 5.96. The van der Waals surface area contributed by atoms with Crippen LogP contribution in [-0.2, 0) is 17.8 Å². The second kappa shape index (κ2) is 5.30. The van der Waals surface area contributed by atoms with E-state index >= 15 is 0 Å². The molecular weight excluding hydrogens is 212 g/mol. The van der Waals surface area contributed by atoms with E-state index in [1.807, 2.05) is 10.8 Å². The Morgan fingerprint density at radius 1 is 1.59 bits per heavy atom. The molecule has 0 fully saturated rings. The van der Waals surface area contributed by atoms with Crippen molar-refractivity contribution in [1.29, 1.82) is 0 Å². The van der Waals surface area contributed by atoms with Crippen molar-refractivity contribution in [2.45, 2.75) is 46.1 Å². The number of nitrogens with zero attached hydrogens (tertiary/aromatic N) is 2. The number of Topliss-reactive ketones (excluding diaryl/α,β-unsaturated/α-hetero) is 1. The minimum atomic E-state index is 0.248. The van der Waals surface area contributed by atoms with Gasteiger partial charge >= 0.3 is 0 Å². The predicted molar refractivity (Wildman–Crippen MR) is 67.7 cm³/mol. The van der Waals surface area contributed by atoms with Crippen molar-refractivity contribution in [1.82, 2.24) is 9.55 Å². The number of hydrogen-bond acceptors (Lipinski definition) is 2. The normalized spacial score (nSPS) is 20.1. The highest BCUT2D eigenvalue weighted by atomic mass is 16.1. The largest absolute Gasteiger partial charge is 0.335 e. The maximum Gasteiger partial charge on any atom is 0.166 e. The van der Waals surface area contributed by atoms with Gasteiger partial charge < -0.3 is 4.57 Å². The van der Waals surface area contributed by atoms with Crippen LogP contribution in [0.1, 0.15) is 38.9 Å². The van der Waals surface area contributed by atoms with Crippen molar-refractivity contribution in [3.8, 4) is 0 Å². The molecule has 0 spiro atoms. The summed E-state index contributed by atoms with van der Waals surface area (Å²) in [6.07, 6.45) is 9.38. The first-order chi connectivity index (χ1) is 8.20. The molecule has 1 atom stereocenters. The average molecular weight is 232 g/mol. The van der Waals surface area contributed by atoms with Gasteiger partial charge in [0.15, 0.2) is 5.78 Å². The van der Waals surface area contributed by atoms with Gasteiger partial charge in [-0.25, -0.2) is 4.98 Å². The summed E-state index contributed by atoms with van der Waals surface area (Å²) >= 11 is 0. The summed E-state index contributed by atoms with van der Waals surface area (Å²) in [5.41, 5.74) is 1.01. The molecule has 1 aromatic rings. The van der Waals surface area contributed by atoms with Gasteiger partial charge in [-0.3, -0.25) is 4.79 Å². The first-order valence-corrected chi connectivity index (χ1v) is 6.43. The van der Waals surface area contributed by atoms with Crippen LogP contribution in [0.15, 0.2) is 24.0 Å². The molecule has 3 nitrogen and oxygen atoms in total. The molecule has 0 aliphatic heterocycles. The fourth-order valence-corrected chi connectivity index (χ4v) is 2.27. The molecule has 0 amide bonds. The Labute approximate surface area is 103 Å². The maximum absolute atomic E-state index is 12.1. The third kappa shape index (κ3) is 2.84. The third-order valence-corrected chi connectivity index (χ3v) is 3.49. The van der Waals surface area contributed by atoms with Crippen LogP contribution in [0.4, 0.5) is 0 Å². The van der Waals surface area contributed by atoms with Gasteiger partial charge in [0.2, 0.25) is 0 Å². The topological polar surface area (TPSA) is 34.9 Å². The van der Waals surface area contributed by atoms with Crippen LogP contribution in [-0.4, -0.2) is 15.3 Å². The lowest BCUT2D eigenvalue weighted by Crippen LogP contribution is -2.14. The summed E-state index contributed by atoms with van der Waals surface area (Å²) in [6.45, 7) is 5.18. The quantitative estimate of drug-likeness (QED) is 0.800. The van der Waals surface area contributed by atoms with Crippen molar-refractivity contribution in [3.05, 3.63) is 29.9 Å². The number of aryl methyl sites for hydroxylation is 1. The molecule has 1 heterocycles. The zero-order valence-corrected chi connectivity index (χ0v) is 10.6. The standard InChI is InChI=1S/C14H20N2O/c1-3-16-9-8-15-14(16)10-13(17)12-6-4-11(2)5-7-12/h6,8-9,11H,3-5,7,10H2,1-2H3. The maximum atomic E-state index is 12.1. The Bertz CT molecular complexity index is 431. The first-order valence-electron chi connectivity index (χ1n) is 6.43. The second-order valence-corrected chi connectivity index (χ2v) is 4.84. The van der Waals surface area contributed by atoms with Crippen molar-refractivity contribution < 1.29 is 4.79 Å². The molecule has 3 heteroatoms. The van der Waals surface area contributed by atoms with Crippen LogP contribution in [0.2, 0.25) is 0 Å². The molecule has 0 radical (unpaired) electrons. The Kier molecular flexibility index (Phi) is 3.77. The van der Waals surface area contributed by atoms with E-state index in [0.29, 0.717) is 6.42 Å². The second-order valence-electron chi connectivity index (χ2n) is 4.84. The number of hydrogen-bond donors (Lipinski definition) is 0. The molecule has 17 heavy (non-hydrogen) atoms. The van der Waals surface area contributed by atoms with E-state index in [1.54, 1.807) is 6.20 Å². The van der Waals surface area contributed by atoms with Crippen LogP contribution in [0.3, 0.4) is 0 Å². The first kappa shape index (κ1) is 12.1. The lowest BCUT2D eigenvalue weighted by atomic mass is 9.88. The van der Waals surface area contributed by atoms with Crippen molar-refractivity contribution in [3.63, 3.8) is 0 Å². The summed E-state index contributed by atoms with van der Waals surface area (Å²) in [5, 5.41) is 0. The van der Waals surface area contributed by atoms with E-state index in [4.69, 9.17) is 0 Å². The molecule has 0 saturated carbocycles. The fraction of sp³-hybridized carbons (Fsp3) is 0.571. The predicted octanol–water partition coefficient (Wildman–Crippen LogP) is 2.76. The molecule has 1 aliphatic carbocycles. The summed E-state index contributed by atoms with van der Waals surface area (Å²) < 4.78 is 2.03. The number of rotatable bonds is 4. The van der Waals surface area contributed by atoms with E-state index in [2.05, 4.69) is 24.9 Å². The zero-order valence-electron chi connectivity index (χ0n) is 10.6. The van der Waals surface area contributed by atoms with Gasteiger partial charge in [0, 0.05) is 18.9 Å². The van der Waals surface area contributed by atoms with Gasteiger partial charge in [-0.1, -0.05) is 13.0 Å². The molecule has 1 unspecified atom stereocenters. The highest BCUT2D eigenvalue weighted by Gasteiger charge is 2.17. The summed E-state index contributed by atoms with van der Waals surface area (Å²) in [4.78, 5) is 16.4.